The van der Waals surface area contributed by atoms with E-state index >= 15 is 0 Å². The molecule has 3 aromatic rings. The highest BCUT2D eigenvalue weighted by molar-refractivity contribution is 6.02. The van der Waals surface area contributed by atoms with Crippen molar-refractivity contribution >= 4 is 40.1 Å². The number of ether oxygens (including phenoxy) is 1. The summed E-state index contributed by atoms with van der Waals surface area (Å²) in [5, 5.41) is 18.3. The molecule has 5 rings (SSSR count). The predicted octanol–water partition coefficient (Wildman–Crippen LogP) is 2.24. The Morgan fingerprint density at radius 3 is 2.80 bits per heavy atom. The van der Waals surface area contributed by atoms with Gasteiger partial charge in [0, 0.05) is 55.1 Å². The van der Waals surface area contributed by atoms with Gasteiger partial charge in [-0.3, -0.25) is 15.0 Å². The topological polar surface area (TPSA) is 142 Å². The molecule has 40 heavy (non-hydrogen) atoms. The van der Waals surface area contributed by atoms with Crippen LogP contribution in [-0.4, -0.2) is 70.4 Å². The number of aromatic nitrogens is 4. The van der Waals surface area contributed by atoms with Gasteiger partial charge in [-0.1, -0.05) is 6.08 Å². The Morgan fingerprint density at radius 1 is 1.32 bits per heavy atom. The number of carbonyl (C=O) groups excluding carboxylic acids is 1. The fourth-order valence-corrected chi connectivity index (χ4v) is 5.32. The average molecular weight is 546 g/mol. The van der Waals surface area contributed by atoms with Gasteiger partial charge in [0.25, 0.3) is 5.56 Å². The van der Waals surface area contributed by atoms with Crippen LogP contribution in [0.15, 0.2) is 54.0 Å². The number of allylic oxidation sites excluding steroid dienone is 2. The third-order valence-corrected chi connectivity index (χ3v) is 7.19. The Labute approximate surface area is 232 Å². The lowest BCUT2D eigenvalue weighted by molar-refractivity contribution is -0.116. The monoisotopic (exact) mass is 545 g/mol. The minimum absolute atomic E-state index is 0.0427. The molecule has 12 heteroatoms. The van der Waals surface area contributed by atoms with E-state index in [-0.39, 0.29) is 46.9 Å². The number of methoxy groups -OCH3 is 1. The second kappa shape index (κ2) is 11.0. The van der Waals surface area contributed by atoms with E-state index in [0.29, 0.717) is 5.41 Å². The summed E-state index contributed by atoms with van der Waals surface area (Å²) in [6.07, 6.45) is 6.78. The maximum Gasteiger partial charge on any atom is 0.278 e. The van der Waals surface area contributed by atoms with Gasteiger partial charge >= 0.3 is 0 Å². The lowest BCUT2D eigenvalue weighted by atomic mass is 9.79. The zero-order valence-corrected chi connectivity index (χ0v) is 23.0. The first-order valence-electron chi connectivity index (χ1n) is 13.3. The quantitative estimate of drug-likeness (QED) is 0.139. The van der Waals surface area contributed by atoms with Crippen LogP contribution in [0.3, 0.4) is 0 Å². The number of fused-ring (bicyclic) bond motifs is 1. The van der Waals surface area contributed by atoms with Crippen molar-refractivity contribution in [2.45, 2.75) is 32.9 Å². The first-order chi connectivity index (χ1) is 19.2. The van der Waals surface area contributed by atoms with E-state index in [1.807, 2.05) is 32.0 Å². The van der Waals surface area contributed by atoms with Crippen LogP contribution in [0.4, 0.5) is 17.3 Å². The fourth-order valence-electron chi connectivity index (χ4n) is 5.32. The Kier molecular flexibility index (Phi) is 7.44. The van der Waals surface area contributed by atoms with Crippen LogP contribution >= 0.6 is 0 Å². The standard InChI is InChI=1S/C28H35N9O3/c1-5-12-36-26(39)20-14-31-27(34-25(20)37(36)23(29)8-9-24(38)32-18(2)3)33-19-6-7-21(22(13-19)40-4)35-16-28(17-35)10-11-30-15-28/h5-9,13-14,18,29-30H,1,10-12,15-17H2,2-4H3,(H,32,38)(H,31,33,34)/b9-8-,29-23?. The molecule has 1 aromatic carbocycles. The molecular weight excluding hydrogens is 510 g/mol. The molecule has 1 spiro atoms. The third kappa shape index (κ3) is 5.22. The predicted molar refractivity (Wildman–Crippen MR) is 156 cm³/mol. The van der Waals surface area contributed by atoms with E-state index in [2.05, 4.69) is 37.4 Å². The van der Waals surface area contributed by atoms with Crippen LogP contribution in [0.25, 0.3) is 11.0 Å². The molecule has 1 amide bonds. The molecule has 0 atom stereocenters. The molecule has 0 unspecified atom stereocenters. The van der Waals surface area contributed by atoms with Crippen molar-refractivity contribution < 1.29 is 9.53 Å². The summed E-state index contributed by atoms with van der Waals surface area (Å²) in [5.41, 5.74) is 2.01. The maximum absolute atomic E-state index is 13.1. The summed E-state index contributed by atoms with van der Waals surface area (Å²) < 4.78 is 8.39. The highest BCUT2D eigenvalue weighted by atomic mass is 16.5. The molecule has 12 nitrogen and oxygen atoms in total. The second-order valence-corrected chi connectivity index (χ2v) is 10.6. The van der Waals surface area contributed by atoms with E-state index in [4.69, 9.17) is 10.1 Å². The van der Waals surface area contributed by atoms with Crippen molar-refractivity contribution in [3.63, 3.8) is 0 Å². The number of carbonyl (C=O) groups is 1. The van der Waals surface area contributed by atoms with E-state index in [1.165, 1.54) is 34.1 Å². The summed E-state index contributed by atoms with van der Waals surface area (Å²) >= 11 is 0. The molecule has 2 aliphatic rings. The highest BCUT2D eigenvalue weighted by Crippen LogP contribution is 2.43. The van der Waals surface area contributed by atoms with Gasteiger partial charge in [0.2, 0.25) is 11.9 Å². The van der Waals surface area contributed by atoms with Crippen LogP contribution < -0.4 is 31.1 Å². The number of hydrogen-bond acceptors (Lipinski definition) is 9. The van der Waals surface area contributed by atoms with Crippen molar-refractivity contribution in [1.29, 1.82) is 5.41 Å². The Balaban J connectivity index is 1.42. The minimum atomic E-state index is -0.359. The van der Waals surface area contributed by atoms with E-state index in [9.17, 15) is 9.59 Å². The largest absolute Gasteiger partial charge is 0.495 e. The molecule has 0 aliphatic carbocycles. The molecule has 4 N–H and O–H groups in total. The molecule has 0 saturated carbocycles. The van der Waals surface area contributed by atoms with Gasteiger partial charge in [-0.25, -0.2) is 14.3 Å². The molecule has 2 aliphatic heterocycles. The fraction of sp³-hybridized carbons (Fsp3) is 0.393. The number of benzene rings is 1. The number of anilines is 3. The van der Waals surface area contributed by atoms with Crippen molar-refractivity contribution in [2.24, 2.45) is 5.41 Å². The van der Waals surface area contributed by atoms with Gasteiger partial charge in [0.15, 0.2) is 5.65 Å². The molecule has 210 valence electrons. The van der Waals surface area contributed by atoms with E-state index < -0.39 is 0 Å². The normalized spacial score (nSPS) is 16.1. The van der Waals surface area contributed by atoms with Crippen LogP contribution in [0.1, 0.15) is 20.3 Å². The second-order valence-electron chi connectivity index (χ2n) is 10.6. The molecule has 2 saturated heterocycles. The molecule has 4 heterocycles. The zero-order chi connectivity index (χ0) is 28.4. The van der Waals surface area contributed by atoms with Gasteiger partial charge in [-0.2, -0.15) is 4.98 Å². The van der Waals surface area contributed by atoms with Gasteiger partial charge in [0.05, 0.1) is 19.3 Å². The SMILES string of the molecule is C=CCn1c(=O)c2cnc(Nc3ccc(N4CC5(CCNC5)C4)c(OC)c3)nc2n1C(=N)/C=C\C(=O)NC(C)C. The molecular formula is C28H35N9O3. The average Bonchev–Trinajstić information content (AvgIpc) is 3.50. The van der Waals surface area contributed by atoms with Gasteiger partial charge in [0.1, 0.15) is 17.0 Å². The lowest BCUT2D eigenvalue weighted by Crippen LogP contribution is -2.57. The lowest BCUT2D eigenvalue weighted by Gasteiger charge is -2.49. The third-order valence-electron chi connectivity index (χ3n) is 7.19. The number of hydrogen-bond donors (Lipinski definition) is 4. The first kappa shape index (κ1) is 27.1. The highest BCUT2D eigenvalue weighted by Gasteiger charge is 2.45. The van der Waals surface area contributed by atoms with Crippen LogP contribution in [0.5, 0.6) is 5.75 Å². The van der Waals surface area contributed by atoms with Crippen molar-refractivity contribution in [1.82, 2.24) is 30.0 Å². The zero-order valence-electron chi connectivity index (χ0n) is 23.0. The van der Waals surface area contributed by atoms with E-state index in [0.717, 1.165) is 43.3 Å². The van der Waals surface area contributed by atoms with Crippen LogP contribution in [-0.2, 0) is 11.3 Å². The minimum Gasteiger partial charge on any atom is -0.495 e. The summed E-state index contributed by atoms with van der Waals surface area (Å²) in [5.74, 6) is 0.554. The van der Waals surface area contributed by atoms with E-state index in [1.54, 1.807) is 13.2 Å². The Bertz CT molecular complexity index is 1540. The van der Waals surface area contributed by atoms with Crippen LogP contribution in [0, 0.1) is 10.8 Å². The smallest absolute Gasteiger partial charge is 0.278 e. The number of amides is 1. The van der Waals surface area contributed by atoms with Gasteiger partial charge in [-0.15, -0.1) is 6.58 Å². The van der Waals surface area contributed by atoms with Crippen molar-refractivity contribution in [3.05, 3.63) is 59.6 Å². The summed E-state index contributed by atoms with van der Waals surface area (Å²) in [6.45, 7) is 11.7. The Morgan fingerprint density at radius 2 is 2.12 bits per heavy atom. The number of nitrogens with zero attached hydrogens (tertiary/aromatic N) is 5. The Hall–Kier alpha value is -4.45. The summed E-state index contributed by atoms with van der Waals surface area (Å²) in [4.78, 5) is 36.4. The number of nitrogens with one attached hydrogen (secondary N) is 4. The number of rotatable bonds is 9. The van der Waals surface area contributed by atoms with Crippen molar-refractivity contribution in [2.75, 3.05) is 43.5 Å². The maximum atomic E-state index is 13.1. The van der Waals surface area contributed by atoms with Crippen LogP contribution in [0.2, 0.25) is 0 Å². The van der Waals surface area contributed by atoms with Crippen molar-refractivity contribution in [3.8, 4) is 5.75 Å². The van der Waals surface area contributed by atoms with Gasteiger partial charge < -0.3 is 25.6 Å². The molecule has 0 bridgehead atoms. The summed E-state index contributed by atoms with van der Waals surface area (Å²) in [7, 11) is 1.65. The molecule has 0 radical (unpaired) electrons. The molecule has 2 fully saturated rings. The first-order valence-corrected chi connectivity index (χ1v) is 13.3. The summed E-state index contributed by atoms with van der Waals surface area (Å²) in [6, 6.07) is 5.82. The molecule has 2 aromatic heterocycles. The van der Waals surface area contributed by atoms with Gasteiger partial charge in [-0.05, 0) is 45.0 Å².